The molecule has 0 aromatic heterocycles. The van der Waals surface area contributed by atoms with Gasteiger partial charge in [-0.1, -0.05) is 43.3 Å². The van der Waals surface area contributed by atoms with Crippen molar-refractivity contribution < 1.29 is 5.11 Å². The monoisotopic (exact) mass is 204 g/mol. The van der Waals surface area contributed by atoms with Crippen molar-refractivity contribution in [2.75, 3.05) is 6.61 Å². The Morgan fingerprint density at radius 3 is 2.60 bits per heavy atom. The number of hydrogen-bond acceptors (Lipinski definition) is 1. The zero-order valence-electron chi connectivity index (χ0n) is 9.61. The molecular formula is C14H20O. The van der Waals surface area contributed by atoms with Gasteiger partial charge < -0.3 is 5.11 Å². The van der Waals surface area contributed by atoms with Gasteiger partial charge in [-0.05, 0) is 36.8 Å². The molecule has 0 amide bonds. The van der Waals surface area contributed by atoms with Crippen LogP contribution >= 0.6 is 0 Å². The fraction of sp³-hybridized carbons (Fsp3) is 0.429. The van der Waals surface area contributed by atoms with Crippen LogP contribution in [0, 0.1) is 5.92 Å². The quantitative estimate of drug-likeness (QED) is 0.778. The molecule has 0 unspecified atom stereocenters. The van der Waals surface area contributed by atoms with Gasteiger partial charge in [0, 0.05) is 6.61 Å². The Bertz CT molecular complexity index is 300. The van der Waals surface area contributed by atoms with Gasteiger partial charge in [-0.2, -0.15) is 0 Å². The first-order chi connectivity index (χ1) is 7.24. The van der Waals surface area contributed by atoms with Crippen LogP contribution < -0.4 is 0 Å². The molecule has 0 fully saturated rings. The lowest BCUT2D eigenvalue weighted by atomic mass is 10.0. The molecule has 0 aliphatic carbocycles. The molecule has 82 valence electrons. The van der Waals surface area contributed by atoms with Crippen LogP contribution in [0.25, 0.3) is 5.57 Å². The lowest BCUT2D eigenvalue weighted by molar-refractivity contribution is 0.231. The van der Waals surface area contributed by atoms with E-state index in [-0.39, 0.29) is 6.61 Å². The number of benzene rings is 1. The maximum atomic E-state index is 8.90. The second kappa shape index (κ2) is 6.41. The molecule has 1 heteroatoms. The van der Waals surface area contributed by atoms with Crippen molar-refractivity contribution in [2.24, 2.45) is 5.92 Å². The third kappa shape index (κ3) is 4.30. The van der Waals surface area contributed by atoms with Crippen LogP contribution in [0.15, 0.2) is 36.4 Å². The van der Waals surface area contributed by atoms with Crippen LogP contribution in [0.2, 0.25) is 0 Å². The molecule has 0 aliphatic heterocycles. The molecular weight excluding hydrogens is 184 g/mol. The van der Waals surface area contributed by atoms with Crippen molar-refractivity contribution in [3.05, 3.63) is 42.0 Å². The number of rotatable bonds is 5. The first-order valence-electron chi connectivity index (χ1n) is 5.57. The third-order valence-electron chi connectivity index (χ3n) is 2.65. The van der Waals surface area contributed by atoms with Gasteiger partial charge in [0.15, 0.2) is 0 Å². The normalized spacial score (nSPS) is 13.9. The van der Waals surface area contributed by atoms with Crippen LogP contribution in [0.3, 0.4) is 0 Å². The smallest absolute Gasteiger partial charge is 0.0456 e. The summed E-state index contributed by atoms with van der Waals surface area (Å²) in [4.78, 5) is 0. The van der Waals surface area contributed by atoms with E-state index < -0.39 is 0 Å². The second-order valence-corrected chi connectivity index (χ2v) is 4.12. The predicted molar refractivity (Wildman–Crippen MR) is 65.6 cm³/mol. The number of allylic oxidation sites excluding steroid dienone is 2. The molecule has 1 aromatic carbocycles. The standard InChI is InChI=1S/C14H20O/c1-12(11-15)7-6-8-13(2)14-9-4-3-5-10-14/h3-5,8-10,12,15H,6-7,11H2,1-2H3/b13-8+/t12-/m0/s1. The van der Waals surface area contributed by atoms with Gasteiger partial charge in [-0.15, -0.1) is 0 Å². The molecule has 15 heavy (non-hydrogen) atoms. The molecule has 0 bridgehead atoms. The summed E-state index contributed by atoms with van der Waals surface area (Å²) in [5.41, 5.74) is 2.61. The third-order valence-corrected chi connectivity index (χ3v) is 2.65. The fourth-order valence-electron chi connectivity index (χ4n) is 1.49. The summed E-state index contributed by atoms with van der Waals surface area (Å²) < 4.78 is 0. The Hall–Kier alpha value is -1.08. The maximum Gasteiger partial charge on any atom is 0.0456 e. The highest BCUT2D eigenvalue weighted by molar-refractivity contribution is 5.63. The van der Waals surface area contributed by atoms with Gasteiger partial charge in [-0.3, -0.25) is 0 Å². The highest BCUT2D eigenvalue weighted by Crippen LogP contribution is 2.15. The van der Waals surface area contributed by atoms with Gasteiger partial charge in [-0.25, -0.2) is 0 Å². The van der Waals surface area contributed by atoms with Crippen molar-refractivity contribution in [2.45, 2.75) is 26.7 Å². The molecule has 1 N–H and O–H groups in total. The fourth-order valence-corrected chi connectivity index (χ4v) is 1.49. The van der Waals surface area contributed by atoms with Crippen molar-refractivity contribution in [3.63, 3.8) is 0 Å². The topological polar surface area (TPSA) is 20.2 Å². The second-order valence-electron chi connectivity index (χ2n) is 4.12. The number of aliphatic hydroxyl groups is 1. The van der Waals surface area contributed by atoms with E-state index in [1.54, 1.807) is 0 Å². The molecule has 0 radical (unpaired) electrons. The summed E-state index contributed by atoms with van der Waals surface area (Å²) in [6.07, 6.45) is 4.35. The zero-order valence-corrected chi connectivity index (χ0v) is 9.61. The number of hydrogen-bond donors (Lipinski definition) is 1. The minimum Gasteiger partial charge on any atom is -0.396 e. The van der Waals surface area contributed by atoms with Crippen LogP contribution in [-0.2, 0) is 0 Å². The van der Waals surface area contributed by atoms with Crippen molar-refractivity contribution in [3.8, 4) is 0 Å². The summed E-state index contributed by atoms with van der Waals surface area (Å²) in [7, 11) is 0. The summed E-state index contributed by atoms with van der Waals surface area (Å²) >= 11 is 0. The molecule has 1 aromatic rings. The average molecular weight is 204 g/mol. The van der Waals surface area contributed by atoms with E-state index in [9.17, 15) is 0 Å². The summed E-state index contributed by atoms with van der Waals surface area (Å²) in [5.74, 6) is 0.407. The van der Waals surface area contributed by atoms with E-state index in [0.29, 0.717) is 5.92 Å². The van der Waals surface area contributed by atoms with Crippen LogP contribution in [0.1, 0.15) is 32.3 Å². The Balaban J connectivity index is 2.47. The highest BCUT2D eigenvalue weighted by atomic mass is 16.3. The van der Waals surface area contributed by atoms with Gasteiger partial charge in [0.2, 0.25) is 0 Å². The van der Waals surface area contributed by atoms with E-state index >= 15 is 0 Å². The van der Waals surface area contributed by atoms with E-state index in [1.165, 1.54) is 11.1 Å². The lowest BCUT2D eigenvalue weighted by Gasteiger charge is -2.05. The summed E-state index contributed by atoms with van der Waals surface area (Å²) in [5, 5.41) is 8.90. The van der Waals surface area contributed by atoms with E-state index in [0.717, 1.165) is 12.8 Å². The molecule has 1 rings (SSSR count). The largest absolute Gasteiger partial charge is 0.396 e. The average Bonchev–Trinajstić information content (AvgIpc) is 2.29. The van der Waals surface area contributed by atoms with Crippen LogP contribution in [-0.4, -0.2) is 11.7 Å². The molecule has 1 nitrogen and oxygen atoms in total. The van der Waals surface area contributed by atoms with Gasteiger partial charge in [0.25, 0.3) is 0 Å². The van der Waals surface area contributed by atoms with Crippen molar-refractivity contribution in [1.29, 1.82) is 0 Å². The highest BCUT2D eigenvalue weighted by Gasteiger charge is 1.98. The minimum atomic E-state index is 0.290. The van der Waals surface area contributed by atoms with Crippen LogP contribution in [0.5, 0.6) is 0 Å². The molecule has 0 aliphatic rings. The Morgan fingerprint density at radius 2 is 2.00 bits per heavy atom. The predicted octanol–water partition coefficient (Wildman–Crippen LogP) is 3.50. The molecule has 1 atom stereocenters. The van der Waals surface area contributed by atoms with Gasteiger partial charge >= 0.3 is 0 Å². The van der Waals surface area contributed by atoms with E-state index in [4.69, 9.17) is 5.11 Å². The Kier molecular flexibility index (Phi) is 5.13. The van der Waals surface area contributed by atoms with E-state index in [1.807, 2.05) is 6.07 Å². The first-order valence-corrected chi connectivity index (χ1v) is 5.57. The molecule has 0 saturated heterocycles. The lowest BCUT2D eigenvalue weighted by Crippen LogP contribution is -1.98. The maximum absolute atomic E-state index is 8.90. The van der Waals surface area contributed by atoms with E-state index in [2.05, 4.69) is 44.2 Å². The van der Waals surface area contributed by atoms with Crippen molar-refractivity contribution in [1.82, 2.24) is 0 Å². The van der Waals surface area contributed by atoms with Gasteiger partial charge in [0.05, 0.1) is 0 Å². The number of aliphatic hydroxyl groups excluding tert-OH is 1. The molecule has 0 heterocycles. The van der Waals surface area contributed by atoms with Gasteiger partial charge in [0.1, 0.15) is 0 Å². The molecule has 0 saturated carbocycles. The summed E-state index contributed by atoms with van der Waals surface area (Å²) in [6, 6.07) is 10.4. The minimum absolute atomic E-state index is 0.290. The van der Waals surface area contributed by atoms with Crippen LogP contribution in [0.4, 0.5) is 0 Å². The summed E-state index contributed by atoms with van der Waals surface area (Å²) in [6.45, 7) is 4.50. The Morgan fingerprint density at radius 1 is 1.33 bits per heavy atom. The first kappa shape index (κ1) is 12.0. The molecule has 0 spiro atoms. The Labute approximate surface area is 92.5 Å². The SMILES string of the molecule is C/C(=C\CC[C@H](C)CO)c1ccccc1. The van der Waals surface area contributed by atoms with Crippen molar-refractivity contribution >= 4 is 5.57 Å². The zero-order chi connectivity index (χ0) is 11.1.